The van der Waals surface area contributed by atoms with E-state index in [9.17, 15) is 9.59 Å². The average Bonchev–Trinajstić information content (AvgIpc) is 2.15. The second-order valence-corrected chi connectivity index (χ2v) is 4.39. The molecule has 5 heteroatoms. The first-order valence-corrected chi connectivity index (χ1v) is 5.21. The number of anilines is 1. The van der Waals surface area contributed by atoms with E-state index in [-0.39, 0.29) is 6.42 Å². The monoisotopic (exact) mass is 236 g/mol. The highest BCUT2D eigenvalue weighted by molar-refractivity contribution is 5.92. The van der Waals surface area contributed by atoms with Crippen molar-refractivity contribution < 1.29 is 14.7 Å². The number of rotatable bonds is 4. The number of urea groups is 1. The topological polar surface area (TPSA) is 83.6 Å². The molecule has 0 heterocycles. The van der Waals surface area contributed by atoms with Crippen LogP contribution in [0.3, 0.4) is 0 Å². The van der Waals surface area contributed by atoms with Crippen LogP contribution in [0.15, 0.2) is 30.3 Å². The third-order valence-electron chi connectivity index (χ3n) is 2.42. The Morgan fingerprint density at radius 2 is 1.82 bits per heavy atom. The van der Waals surface area contributed by atoms with E-state index >= 15 is 0 Å². The summed E-state index contributed by atoms with van der Waals surface area (Å²) in [5.74, 6) is -0.975. The Hall–Kier alpha value is -2.04. The molecule has 2 amide bonds. The summed E-state index contributed by atoms with van der Waals surface area (Å²) in [7, 11) is 0. The van der Waals surface area contributed by atoms with Crippen LogP contribution in [0, 0.1) is 0 Å². The number of primary amides is 1. The van der Waals surface area contributed by atoms with Crippen LogP contribution in [0.1, 0.15) is 20.3 Å². The normalized spacial score (nSPS) is 10.9. The number of hydrogen-bond acceptors (Lipinski definition) is 2. The van der Waals surface area contributed by atoms with Gasteiger partial charge in [-0.05, 0) is 26.0 Å². The minimum Gasteiger partial charge on any atom is -0.481 e. The third-order valence-corrected chi connectivity index (χ3v) is 2.42. The average molecular weight is 236 g/mol. The highest BCUT2D eigenvalue weighted by Gasteiger charge is 2.33. The van der Waals surface area contributed by atoms with Crippen molar-refractivity contribution in [3.63, 3.8) is 0 Å². The number of carbonyl (C=O) groups is 2. The molecular formula is C12H16N2O3. The van der Waals surface area contributed by atoms with E-state index in [0.29, 0.717) is 5.69 Å². The molecule has 0 saturated carbocycles. The number of hydrogen-bond donors (Lipinski definition) is 2. The van der Waals surface area contributed by atoms with Crippen molar-refractivity contribution in [3.8, 4) is 0 Å². The van der Waals surface area contributed by atoms with E-state index in [4.69, 9.17) is 10.8 Å². The van der Waals surface area contributed by atoms with Crippen molar-refractivity contribution in [1.82, 2.24) is 0 Å². The first-order chi connectivity index (χ1) is 7.84. The SMILES string of the molecule is CC(C)(CC(=O)O)N(C(N)=O)c1ccccc1. The molecule has 0 aliphatic heterocycles. The fourth-order valence-electron chi connectivity index (χ4n) is 1.80. The van der Waals surface area contributed by atoms with E-state index in [2.05, 4.69) is 0 Å². The van der Waals surface area contributed by atoms with Crippen LogP contribution >= 0.6 is 0 Å². The van der Waals surface area contributed by atoms with Gasteiger partial charge < -0.3 is 10.8 Å². The Labute approximate surface area is 99.8 Å². The summed E-state index contributed by atoms with van der Waals surface area (Å²) < 4.78 is 0. The molecule has 0 unspecified atom stereocenters. The number of nitrogens with zero attached hydrogens (tertiary/aromatic N) is 1. The molecule has 1 aromatic rings. The molecular weight excluding hydrogens is 220 g/mol. The minimum absolute atomic E-state index is 0.176. The summed E-state index contributed by atoms with van der Waals surface area (Å²) in [6, 6.07) is 8.11. The van der Waals surface area contributed by atoms with E-state index in [1.807, 2.05) is 6.07 Å². The van der Waals surface area contributed by atoms with Crippen LogP contribution in [0.25, 0.3) is 0 Å². The van der Waals surface area contributed by atoms with Crippen molar-refractivity contribution in [2.45, 2.75) is 25.8 Å². The van der Waals surface area contributed by atoms with Crippen LogP contribution in [-0.4, -0.2) is 22.6 Å². The lowest BCUT2D eigenvalue weighted by Crippen LogP contribution is -2.51. The van der Waals surface area contributed by atoms with Crippen LogP contribution in [0.5, 0.6) is 0 Å². The summed E-state index contributed by atoms with van der Waals surface area (Å²) in [4.78, 5) is 23.6. The van der Waals surface area contributed by atoms with Gasteiger partial charge in [-0.2, -0.15) is 0 Å². The highest BCUT2D eigenvalue weighted by Crippen LogP contribution is 2.26. The molecule has 92 valence electrons. The third kappa shape index (κ3) is 3.21. The number of nitrogens with two attached hydrogens (primary N) is 1. The number of carbonyl (C=O) groups excluding carboxylic acids is 1. The summed E-state index contributed by atoms with van der Waals surface area (Å²) in [6.07, 6.45) is -0.176. The first kappa shape index (κ1) is 13.0. The van der Waals surface area contributed by atoms with E-state index in [0.717, 1.165) is 0 Å². The number of aliphatic carboxylic acids is 1. The molecule has 0 radical (unpaired) electrons. The molecule has 1 rings (SSSR count). The molecule has 0 spiro atoms. The summed E-state index contributed by atoms with van der Waals surface area (Å²) >= 11 is 0. The number of carboxylic acids is 1. The van der Waals surface area contributed by atoms with Crippen LogP contribution in [-0.2, 0) is 4.79 Å². The minimum atomic E-state index is -0.975. The molecule has 0 aliphatic carbocycles. The fourth-order valence-corrected chi connectivity index (χ4v) is 1.80. The van der Waals surface area contributed by atoms with Crippen LogP contribution < -0.4 is 10.6 Å². The molecule has 17 heavy (non-hydrogen) atoms. The predicted molar refractivity (Wildman–Crippen MR) is 64.8 cm³/mol. The smallest absolute Gasteiger partial charge is 0.319 e. The maximum Gasteiger partial charge on any atom is 0.319 e. The maximum absolute atomic E-state index is 11.5. The van der Waals surface area contributed by atoms with Gasteiger partial charge in [0.1, 0.15) is 0 Å². The molecule has 0 aromatic heterocycles. The van der Waals surface area contributed by atoms with Crippen molar-refractivity contribution in [1.29, 1.82) is 0 Å². The standard InChI is InChI=1S/C12H16N2O3/c1-12(2,8-10(15)16)14(11(13)17)9-6-4-3-5-7-9/h3-7H,8H2,1-2H3,(H2,13,17)(H,15,16). The highest BCUT2D eigenvalue weighted by atomic mass is 16.4. The zero-order valence-corrected chi connectivity index (χ0v) is 9.88. The summed E-state index contributed by atoms with van der Waals surface area (Å²) in [5, 5.41) is 8.85. The van der Waals surface area contributed by atoms with E-state index in [1.54, 1.807) is 38.1 Å². The maximum atomic E-state index is 11.5. The zero-order chi connectivity index (χ0) is 13.1. The second-order valence-electron chi connectivity index (χ2n) is 4.39. The van der Waals surface area contributed by atoms with Crippen molar-refractivity contribution in [2.75, 3.05) is 4.90 Å². The molecule has 0 atom stereocenters. The van der Waals surface area contributed by atoms with Crippen molar-refractivity contribution in [2.24, 2.45) is 5.73 Å². The van der Waals surface area contributed by atoms with Crippen LogP contribution in [0.2, 0.25) is 0 Å². The number of amides is 2. The van der Waals surface area contributed by atoms with Gasteiger partial charge in [0.05, 0.1) is 12.0 Å². The number of para-hydroxylation sites is 1. The Morgan fingerprint density at radius 1 is 1.29 bits per heavy atom. The lowest BCUT2D eigenvalue weighted by atomic mass is 9.97. The van der Waals surface area contributed by atoms with Crippen molar-refractivity contribution >= 4 is 17.7 Å². The number of benzene rings is 1. The predicted octanol–water partition coefficient (Wildman–Crippen LogP) is 1.83. The molecule has 0 fully saturated rings. The van der Waals surface area contributed by atoms with Gasteiger partial charge in [0, 0.05) is 5.69 Å². The van der Waals surface area contributed by atoms with Gasteiger partial charge in [-0.3, -0.25) is 9.69 Å². The molecule has 0 saturated heterocycles. The van der Waals surface area contributed by atoms with E-state index < -0.39 is 17.5 Å². The van der Waals surface area contributed by atoms with Gasteiger partial charge in [0.25, 0.3) is 0 Å². The Kier molecular flexibility index (Phi) is 3.73. The lowest BCUT2D eigenvalue weighted by Gasteiger charge is -2.36. The van der Waals surface area contributed by atoms with Gasteiger partial charge in [-0.1, -0.05) is 18.2 Å². The van der Waals surface area contributed by atoms with Gasteiger partial charge in [0.15, 0.2) is 0 Å². The second kappa shape index (κ2) is 4.86. The Bertz CT molecular complexity index is 415. The summed E-state index contributed by atoms with van der Waals surface area (Å²) in [6.45, 7) is 3.33. The Balaban J connectivity index is 3.10. The summed E-state index contributed by atoms with van der Waals surface area (Å²) in [5.41, 5.74) is 5.04. The van der Waals surface area contributed by atoms with Crippen LogP contribution in [0.4, 0.5) is 10.5 Å². The lowest BCUT2D eigenvalue weighted by molar-refractivity contribution is -0.138. The van der Waals surface area contributed by atoms with E-state index in [1.165, 1.54) is 4.90 Å². The molecule has 5 nitrogen and oxygen atoms in total. The van der Waals surface area contributed by atoms with Crippen molar-refractivity contribution in [3.05, 3.63) is 30.3 Å². The molecule has 3 N–H and O–H groups in total. The van der Waals surface area contributed by atoms with Gasteiger partial charge in [0.2, 0.25) is 0 Å². The molecule has 1 aromatic carbocycles. The molecule has 0 bridgehead atoms. The Morgan fingerprint density at radius 3 is 2.24 bits per heavy atom. The zero-order valence-electron chi connectivity index (χ0n) is 9.88. The van der Waals surface area contributed by atoms with Gasteiger partial charge in [-0.15, -0.1) is 0 Å². The largest absolute Gasteiger partial charge is 0.481 e. The van der Waals surface area contributed by atoms with Gasteiger partial charge >= 0.3 is 12.0 Å². The first-order valence-electron chi connectivity index (χ1n) is 5.21. The number of carboxylic acid groups (broad SMARTS) is 1. The molecule has 0 aliphatic rings. The fraction of sp³-hybridized carbons (Fsp3) is 0.333. The quantitative estimate of drug-likeness (QED) is 0.836. The van der Waals surface area contributed by atoms with Gasteiger partial charge in [-0.25, -0.2) is 4.79 Å².